The topological polar surface area (TPSA) is 110 Å². The van der Waals surface area contributed by atoms with Gasteiger partial charge in [-0.2, -0.15) is 0 Å². The fourth-order valence-electron chi connectivity index (χ4n) is 1.95. The largest absolute Gasteiger partial charge is 0.490 e. The zero-order valence-corrected chi connectivity index (χ0v) is 14.2. The molecule has 0 atom stereocenters. The summed E-state index contributed by atoms with van der Waals surface area (Å²) < 4.78 is 11.0. The molecular formula is C18H21N3O5. The van der Waals surface area contributed by atoms with Gasteiger partial charge in [0, 0.05) is 25.4 Å². The number of hydrogen-bond donors (Lipinski definition) is 3. The standard InChI is InChI=1S/C18H21N3O5/c22-17(23)8-9-19-18(24)21-13-14-6-7-16(20-12-14)26-11-10-25-15-4-2-1-3-5-15/h1-7,12H,8-11,13H2,(H,22,23)(H2,19,21,24). The Hall–Kier alpha value is -3.29. The highest BCUT2D eigenvalue weighted by Gasteiger charge is 2.03. The molecule has 0 radical (unpaired) electrons. The van der Waals surface area contributed by atoms with Crippen LogP contribution in [0.4, 0.5) is 4.79 Å². The molecule has 26 heavy (non-hydrogen) atoms. The Morgan fingerprint density at radius 3 is 2.46 bits per heavy atom. The minimum absolute atomic E-state index is 0.0806. The molecule has 1 aromatic carbocycles. The zero-order chi connectivity index (χ0) is 18.6. The maximum Gasteiger partial charge on any atom is 0.315 e. The summed E-state index contributed by atoms with van der Waals surface area (Å²) in [5.41, 5.74) is 0.797. The third-order valence-electron chi connectivity index (χ3n) is 3.22. The predicted molar refractivity (Wildman–Crippen MR) is 94.2 cm³/mol. The highest BCUT2D eigenvalue weighted by Crippen LogP contribution is 2.09. The number of urea groups is 1. The SMILES string of the molecule is O=C(O)CCNC(=O)NCc1ccc(OCCOc2ccccc2)nc1. The number of ether oxygens (including phenoxy) is 2. The number of rotatable bonds is 10. The van der Waals surface area contributed by atoms with E-state index in [1.54, 1.807) is 18.3 Å². The molecule has 2 amide bonds. The summed E-state index contributed by atoms with van der Waals surface area (Å²) in [4.78, 5) is 26.0. The Kier molecular flexibility index (Phi) is 7.73. The van der Waals surface area contributed by atoms with Gasteiger partial charge < -0.3 is 25.2 Å². The number of carbonyl (C=O) groups excluding carboxylic acids is 1. The van der Waals surface area contributed by atoms with E-state index >= 15 is 0 Å². The smallest absolute Gasteiger partial charge is 0.315 e. The lowest BCUT2D eigenvalue weighted by Crippen LogP contribution is -2.36. The number of nitrogens with one attached hydrogen (secondary N) is 2. The molecule has 0 spiro atoms. The van der Waals surface area contributed by atoms with Gasteiger partial charge >= 0.3 is 12.0 Å². The molecule has 1 aromatic heterocycles. The lowest BCUT2D eigenvalue weighted by Gasteiger charge is -2.09. The number of pyridine rings is 1. The molecule has 0 aliphatic carbocycles. The number of aliphatic carboxylic acids is 1. The van der Waals surface area contributed by atoms with Crippen molar-refractivity contribution in [2.24, 2.45) is 0 Å². The van der Waals surface area contributed by atoms with Gasteiger partial charge in [-0.1, -0.05) is 24.3 Å². The minimum atomic E-state index is -0.959. The van der Waals surface area contributed by atoms with Gasteiger partial charge in [-0.3, -0.25) is 4.79 Å². The molecule has 3 N–H and O–H groups in total. The van der Waals surface area contributed by atoms with Gasteiger partial charge in [-0.05, 0) is 17.7 Å². The molecule has 8 heteroatoms. The second-order valence-electron chi connectivity index (χ2n) is 5.27. The summed E-state index contributed by atoms with van der Waals surface area (Å²) >= 11 is 0. The van der Waals surface area contributed by atoms with E-state index in [1.165, 1.54) is 0 Å². The number of carbonyl (C=O) groups is 2. The van der Waals surface area contributed by atoms with Crippen molar-refractivity contribution in [3.8, 4) is 11.6 Å². The van der Waals surface area contributed by atoms with Crippen molar-refractivity contribution in [2.75, 3.05) is 19.8 Å². The average molecular weight is 359 g/mol. The third-order valence-corrected chi connectivity index (χ3v) is 3.22. The minimum Gasteiger partial charge on any atom is -0.490 e. The van der Waals surface area contributed by atoms with Crippen LogP contribution in [0.5, 0.6) is 11.6 Å². The monoisotopic (exact) mass is 359 g/mol. The first-order chi connectivity index (χ1) is 12.6. The van der Waals surface area contributed by atoms with Crippen LogP contribution in [0.2, 0.25) is 0 Å². The highest BCUT2D eigenvalue weighted by atomic mass is 16.5. The number of carboxylic acid groups (broad SMARTS) is 1. The van der Waals surface area contributed by atoms with Crippen LogP contribution in [0.25, 0.3) is 0 Å². The van der Waals surface area contributed by atoms with Crippen LogP contribution in [-0.2, 0) is 11.3 Å². The van der Waals surface area contributed by atoms with Crippen LogP contribution < -0.4 is 20.1 Å². The molecule has 0 saturated carbocycles. The number of carboxylic acids is 1. The molecule has 0 unspecified atom stereocenters. The molecule has 0 aliphatic rings. The Morgan fingerprint density at radius 1 is 1.00 bits per heavy atom. The number of amides is 2. The summed E-state index contributed by atoms with van der Waals surface area (Å²) in [6.45, 7) is 1.14. The van der Waals surface area contributed by atoms with Crippen molar-refractivity contribution >= 4 is 12.0 Å². The second-order valence-corrected chi connectivity index (χ2v) is 5.27. The highest BCUT2D eigenvalue weighted by molar-refractivity contribution is 5.74. The van der Waals surface area contributed by atoms with Crippen LogP contribution in [0.1, 0.15) is 12.0 Å². The van der Waals surface area contributed by atoms with Crippen LogP contribution >= 0.6 is 0 Å². The molecule has 2 rings (SSSR count). The molecule has 0 aliphatic heterocycles. The number of benzene rings is 1. The molecule has 2 aromatic rings. The Morgan fingerprint density at radius 2 is 1.77 bits per heavy atom. The summed E-state index contributed by atoms with van der Waals surface area (Å²) in [7, 11) is 0. The van der Waals surface area contributed by atoms with E-state index < -0.39 is 12.0 Å². The maximum absolute atomic E-state index is 11.5. The average Bonchev–Trinajstić information content (AvgIpc) is 2.65. The summed E-state index contributed by atoms with van der Waals surface area (Å²) in [5.74, 6) is 0.294. The first kappa shape index (κ1) is 19.0. The molecular weight excluding hydrogens is 338 g/mol. The summed E-state index contributed by atoms with van der Waals surface area (Å²) in [6.07, 6.45) is 1.49. The quantitative estimate of drug-likeness (QED) is 0.558. The molecule has 0 bridgehead atoms. The number of nitrogens with zero attached hydrogens (tertiary/aromatic N) is 1. The van der Waals surface area contributed by atoms with Gasteiger partial charge in [0.15, 0.2) is 0 Å². The van der Waals surface area contributed by atoms with E-state index in [1.807, 2.05) is 30.3 Å². The lowest BCUT2D eigenvalue weighted by atomic mass is 10.3. The van der Waals surface area contributed by atoms with E-state index in [4.69, 9.17) is 14.6 Å². The van der Waals surface area contributed by atoms with Crippen molar-refractivity contribution in [3.05, 3.63) is 54.2 Å². The van der Waals surface area contributed by atoms with Gasteiger partial charge in [0.2, 0.25) is 5.88 Å². The van der Waals surface area contributed by atoms with Crippen LogP contribution in [0.3, 0.4) is 0 Å². The number of para-hydroxylation sites is 1. The predicted octanol–water partition coefficient (Wildman–Crippen LogP) is 1.81. The maximum atomic E-state index is 11.5. The molecule has 0 saturated heterocycles. The van der Waals surface area contributed by atoms with Crippen LogP contribution in [0, 0.1) is 0 Å². The van der Waals surface area contributed by atoms with Crippen LogP contribution in [0.15, 0.2) is 48.7 Å². The van der Waals surface area contributed by atoms with Gasteiger partial charge in [-0.25, -0.2) is 9.78 Å². The van der Waals surface area contributed by atoms with Crippen molar-refractivity contribution in [3.63, 3.8) is 0 Å². The lowest BCUT2D eigenvalue weighted by molar-refractivity contribution is -0.136. The van der Waals surface area contributed by atoms with E-state index in [2.05, 4.69) is 15.6 Å². The number of aromatic nitrogens is 1. The van der Waals surface area contributed by atoms with Gasteiger partial charge in [-0.15, -0.1) is 0 Å². The Bertz CT molecular complexity index is 692. The first-order valence-corrected chi connectivity index (χ1v) is 8.12. The number of hydrogen-bond acceptors (Lipinski definition) is 5. The van der Waals surface area contributed by atoms with Crippen molar-refractivity contribution < 1.29 is 24.2 Å². The normalized spacial score (nSPS) is 10.0. The zero-order valence-electron chi connectivity index (χ0n) is 14.2. The third kappa shape index (κ3) is 7.52. The van der Waals surface area contributed by atoms with Crippen molar-refractivity contribution in [1.82, 2.24) is 15.6 Å². The summed E-state index contributed by atoms with van der Waals surface area (Å²) in [6, 6.07) is 12.5. The Labute approximate surface area is 151 Å². The second kappa shape index (κ2) is 10.5. The van der Waals surface area contributed by atoms with Gasteiger partial charge in [0.1, 0.15) is 19.0 Å². The van der Waals surface area contributed by atoms with Gasteiger partial charge in [0.25, 0.3) is 0 Å². The van der Waals surface area contributed by atoms with Crippen molar-refractivity contribution in [2.45, 2.75) is 13.0 Å². The van der Waals surface area contributed by atoms with E-state index in [0.717, 1.165) is 11.3 Å². The fraction of sp³-hybridized carbons (Fsp3) is 0.278. The molecule has 1 heterocycles. The Balaban J connectivity index is 1.63. The fourth-order valence-corrected chi connectivity index (χ4v) is 1.95. The van der Waals surface area contributed by atoms with Gasteiger partial charge in [0.05, 0.1) is 6.42 Å². The van der Waals surface area contributed by atoms with Crippen LogP contribution in [-0.4, -0.2) is 41.8 Å². The molecule has 0 fully saturated rings. The first-order valence-electron chi connectivity index (χ1n) is 8.12. The van der Waals surface area contributed by atoms with E-state index in [0.29, 0.717) is 19.1 Å². The molecule has 138 valence electrons. The molecule has 8 nitrogen and oxygen atoms in total. The van der Waals surface area contributed by atoms with Crippen molar-refractivity contribution in [1.29, 1.82) is 0 Å². The van der Waals surface area contributed by atoms with E-state index in [-0.39, 0.29) is 19.5 Å². The summed E-state index contributed by atoms with van der Waals surface area (Å²) in [5, 5.41) is 13.6. The van der Waals surface area contributed by atoms with E-state index in [9.17, 15) is 9.59 Å².